The number of carbonyl (C=O) groups is 2. The van der Waals surface area contributed by atoms with Gasteiger partial charge >= 0.3 is 6.18 Å². The Morgan fingerprint density at radius 1 is 1.18 bits per heavy atom. The smallest absolute Gasteiger partial charge is 0.416 e. The molecule has 0 radical (unpaired) electrons. The Labute approximate surface area is 294 Å². The van der Waals surface area contributed by atoms with Crippen molar-refractivity contribution in [3.63, 3.8) is 0 Å². The van der Waals surface area contributed by atoms with E-state index in [2.05, 4.69) is 25.4 Å². The molecular formula is C34H34ClF3N8O5. The van der Waals surface area contributed by atoms with Gasteiger partial charge in [-0.15, -0.1) is 5.10 Å². The molecule has 2 N–H and O–H groups in total. The van der Waals surface area contributed by atoms with Crippen LogP contribution in [-0.4, -0.2) is 77.3 Å². The Bertz CT molecular complexity index is 2190. The van der Waals surface area contributed by atoms with Crippen molar-refractivity contribution >= 4 is 46.0 Å². The van der Waals surface area contributed by atoms with Gasteiger partial charge in [0.2, 0.25) is 11.7 Å². The van der Waals surface area contributed by atoms with Gasteiger partial charge in [0.1, 0.15) is 12.9 Å². The normalized spacial score (nSPS) is 16.2. The largest absolute Gasteiger partial charge is 0.504 e. The number of carbonyl (C=O) groups excluding carboxylic acids is 2. The standard InChI is InChI=1S/C34H34ClF3N8O5/c1-5-24-26(21-8-11-44(16-33(21,3)4)31(50)27-28(48)18(2)39-17-40-27)30(49)46-32(42-29(43-46)19-9-12-51-13-10-19)45(24)15-25(47)41-23-7-6-20(14-22(23)35)34(36,37)38/h6-9,14,17,48H,5,10-13,15-16H2,1-4H3,(H,41,47). The number of fused-ring (bicyclic) bond motifs is 1. The molecule has 17 heteroatoms. The van der Waals surface area contributed by atoms with E-state index in [0.29, 0.717) is 36.7 Å². The molecule has 1 aromatic carbocycles. The monoisotopic (exact) mass is 726 g/mol. The number of aromatic hydroxyl groups is 1. The number of nitrogens with zero attached hydrogens (tertiary/aromatic N) is 7. The quantitative estimate of drug-likeness (QED) is 0.269. The number of rotatable bonds is 7. The molecule has 0 spiro atoms. The highest BCUT2D eigenvalue weighted by molar-refractivity contribution is 6.33. The van der Waals surface area contributed by atoms with Gasteiger partial charge in [0.05, 0.1) is 40.7 Å². The van der Waals surface area contributed by atoms with Crippen LogP contribution in [0.15, 0.2) is 41.5 Å². The molecule has 0 unspecified atom stereocenters. The molecule has 2 aliphatic rings. The summed E-state index contributed by atoms with van der Waals surface area (Å²) in [6.07, 6.45) is 0.957. The number of aromatic nitrogens is 6. The lowest BCUT2D eigenvalue weighted by atomic mass is 9.77. The molecule has 13 nitrogen and oxygen atoms in total. The van der Waals surface area contributed by atoms with Crippen LogP contribution >= 0.6 is 11.6 Å². The fourth-order valence-electron chi connectivity index (χ4n) is 6.37. The molecule has 0 bridgehead atoms. The van der Waals surface area contributed by atoms with Gasteiger partial charge in [0, 0.05) is 24.2 Å². The number of hydrogen-bond acceptors (Lipinski definition) is 9. The van der Waals surface area contributed by atoms with E-state index in [1.807, 2.05) is 26.8 Å². The Hall–Kier alpha value is -5.09. The summed E-state index contributed by atoms with van der Waals surface area (Å²) in [6.45, 7) is 7.77. The van der Waals surface area contributed by atoms with Crippen LogP contribution in [0.5, 0.6) is 5.75 Å². The van der Waals surface area contributed by atoms with Crippen LogP contribution in [0.3, 0.4) is 0 Å². The number of amides is 2. The predicted octanol–water partition coefficient (Wildman–Crippen LogP) is 4.94. The molecule has 4 aromatic rings. The van der Waals surface area contributed by atoms with Gasteiger partial charge in [-0.05, 0) is 49.1 Å². The van der Waals surface area contributed by atoms with E-state index >= 15 is 0 Å². The number of halogens is 4. The van der Waals surface area contributed by atoms with E-state index in [-0.39, 0.29) is 65.2 Å². The van der Waals surface area contributed by atoms with Crippen molar-refractivity contribution in [2.75, 3.05) is 31.6 Å². The van der Waals surface area contributed by atoms with E-state index in [1.165, 1.54) is 11.2 Å². The van der Waals surface area contributed by atoms with Crippen LogP contribution in [-0.2, 0) is 28.7 Å². The second-order valence-corrected chi connectivity index (χ2v) is 13.3. The fraction of sp³-hybridized carbons (Fsp3) is 0.382. The summed E-state index contributed by atoms with van der Waals surface area (Å²) in [5.41, 5.74) is -0.0270. The first-order valence-electron chi connectivity index (χ1n) is 16.1. The van der Waals surface area contributed by atoms with Gasteiger partial charge in [-0.3, -0.25) is 14.4 Å². The lowest BCUT2D eigenvalue weighted by Crippen LogP contribution is -2.44. The number of ether oxygens (including phenoxy) is 1. The molecule has 0 saturated heterocycles. The van der Waals surface area contributed by atoms with Crippen molar-refractivity contribution in [3.05, 3.63) is 86.1 Å². The van der Waals surface area contributed by atoms with Crippen molar-refractivity contribution in [2.24, 2.45) is 5.41 Å². The summed E-state index contributed by atoms with van der Waals surface area (Å²) in [4.78, 5) is 55.6. The second-order valence-electron chi connectivity index (χ2n) is 12.9. The zero-order valence-corrected chi connectivity index (χ0v) is 28.9. The van der Waals surface area contributed by atoms with Crippen LogP contribution in [0.25, 0.3) is 16.9 Å². The molecule has 268 valence electrons. The summed E-state index contributed by atoms with van der Waals surface area (Å²) in [7, 11) is 0. The number of hydrogen-bond donors (Lipinski definition) is 2. The third kappa shape index (κ3) is 6.85. The average molecular weight is 727 g/mol. The SMILES string of the molecule is CCc1c(C2=CCN(C(=O)c3ncnc(C)c3O)CC2(C)C)c(=O)n2nc(C3=CCOCC3)nc2n1CC(=O)Nc1ccc(C(F)(F)F)cc1Cl. The molecule has 0 fully saturated rings. The van der Waals surface area contributed by atoms with Gasteiger partial charge in [0.15, 0.2) is 17.3 Å². The van der Waals surface area contributed by atoms with E-state index in [1.54, 1.807) is 17.6 Å². The third-order valence-corrected chi connectivity index (χ3v) is 9.22. The molecule has 6 rings (SSSR count). The topological polar surface area (TPSA) is 157 Å². The van der Waals surface area contributed by atoms with Crippen LogP contribution in [0, 0.1) is 12.3 Å². The molecule has 5 heterocycles. The van der Waals surface area contributed by atoms with Gasteiger partial charge in [-0.1, -0.05) is 44.5 Å². The van der Waals surface area contributed by atoms with Gasteiger partial charge < -0.3 is 24.6 Å². The fourth-order valence-corrected chi connectivity index (χ4v) is 6.60. The summed E-state index contributed by atoms with van der Waals surface area (Å²) in [5.74, 6) is -1.06. The van der Waals surface area contributed by atoms with Crippen LogP contribution < -0.4 is 10.9 Å². The number of nitrogens with one attached hydrogen (secondary N) is 1. The van der Waals surface area contributed by atoms with Gasteiger partial charge in [-0.25, -0.2) is 9.97 Å². The Kier molecular flexibility index (Phi) is 9.50. The number of aryl methyl sites for hydroxylation is 1. The Morgan fingerprint density at radius 3 is 2.59 bits per heavy atom. The highest BCUT2D eigenvalue weighted by atomic mass is 35.5. The van der Waals surface area contributed by atoms with Gasteiger partial charge in [0.25, 0.3) is 11.5 Å². The maximum absolute atomic E-state index is 14.4. The first-order valence-corrected chi connectivity index (χ1v) is 16.5. The highest BCUT2D eigenvalue weighted by Gasteiger charge is 2.38. The molecule has 0 saturated carbocycles. The lowest BCUT2D eigenvalue weighted by Gasteiger charge is -2.39. The summed E-state index contributed by atoms with van der Waals surface area (Å²) in [6, 6.07) is 2.63. The van der Waals surface area contributed by atoms with Crippen molar-refractivity contribution in [1.29, 1.82) is 0 Å². The zero-order valence-electron chi connectivity index (χ0n) is 28.1. The molecule has 51 heavy (non-hydrogen) atoms. The van der Waals surface area contributed by atoms with Crippen LogP contribution in [0.4, 0.5) is 18.9 Å². The minimum Gasteiger partial charge on any atom is -0.504 e. The highest BCUT2D eigenvalue weighted by Crippen LogP contribution is 2.40. The van der Waals surface area contributed by atoms with E-state index < -0.39 is 34.5 Å². The molecule has 2 amide bonds. The van der Waals surface area contributed by atoms with Crippen molar-refractivity contribution in [2.45, 2.75) is 53.3 Å². The minimum atomic E-state index is -4.62. The Morgan fingerprint density at radius 2 is 1.94 bits per heavy atom. The molecular weight excluding hydrogens is 693 g/mol. The van der Waals surface area contributed by atoms with E-state index in [9.17, 15) is 32.7 Å². The minimum absolute atomic E-state index is 0.0229. The van der Waals surface area contributed by atoms with Crippen molar-refractivity contribution in [1.82, 2.24) is 34.0 Å². The molecule has 0 aliphatic carbocycles. The third-order valence-electron chi connectivity index (χ3n) is 8.91. The van der Waals surface area contributed by atoms with Crippen LogP contribution in [0.1, 0.15) is 66.0 Å². The average Bonchev–Trinajstić information content (AvgIpc) is 3.54. The number of anilines is 1. The maximum atomic E-state index is 14.4. The van der Waals surface area contributed by atoms with Crippen molar-refractivity contribution in [3.8, 4) is 5.75 Å². The maximum Gasteiger partial charge on any atom is 0.416 e. The summed E-state index contributed by atoms with van der Waals surface area (Å²) < 4.78 is 47.8. The number of benzene rings is 1. The lowest BCUT2D eigenvalue weighted by molar-refractivity contribution is -0.137. The summed E-state index contributed by atoms with van der Waals surface area (Å²) in [5, 5.41) is 17.3. The summed E-state index contributed by atoms with van der Waals surface area (Å²) >= 11 is 6.13. The zero-order chi connectivity index (χ0) is 36.8. The first kappa shape index (κ1) is 35.7. The van der Waals surface area contributed by atoms with Gasteiger partial charge in [-0.2, -0.15) is 22.7 Å². The predicted molar refractivity (Wildman–Crippen MR) is 181 cm³/mol. The Balaban J connectivity index is 1.44. The molecule has 3 aromatic heterocycles. The molecule has 0 atom stereocenters. The first-order chi connectivity index (χ1) is 24.1. The van der Waals surface area contributed by atoms with Crippen LogP contribution in [0.2, 0.25) is 5.02 Å². The second kappa shape index (κ2) is 13.6. The number of alkyl halides is 3. The van der Waals surface area contributed by atoms with Crippen molar-refractivity contribution < 1.29 is 32.6 Å². The van der Waals surface area contributed by atoms with E-state index in [0.717, 1.165) is 28.3 Å². The molecule has 2 aliphatic heterocycles. The van der Waals surface area contributed by atoms with E-state index in [4.69, 9.17) is 16.3 Å².